The molecule has 0 atom stereocenters. The fourth-order valence-electron chi connectivity index (χ4n) is 4.05. The summed E-state index contributed by atoms with van der Waals surface area (Å²) < 4.78 is 32.8. The molecule has 170 valence electrons. The molecule has 1 heterocycles. The van der Waals surface area contributed by atoms with Gasteiger partial charge < -0.3 is 20.3 Å². The Balaban J connectivity index is 1.73. The fourth-order valence-corrected chi connectivity index (χ4v) is 5.74. The number of ether oxygens (including phenoxy) is 1. The average Bonchev–Trinajstić information content (AvgIpc) is 2.79. The maximum atomic E-state index is 13.5. The van der Waals surface area contributed by atoms with Crippen molar-refractivity contribution < 1.29 is 13.2 Å². The van der Waals surface area contributed by atoms with E-state index in [1.165, 1.54) is 0 Å². The molecule has 0 amide bonds. The summed E-state index contributed by atoms with van der Waals surface area (Å²) in [6, 6.07) is 16.6. The number of benzene rings is 3. The highest BCUT2D eigenvalue weighted by atomic mass is 35.5. The van der Waals surface area contributed by atoms with Crippen LogP contribution in [-0.4, -0.2) is 59.0 Å². The maximum absolute atomic E-state index is 13.5. The monoisotopic (exact) mass is 473 g/mol. The van der Waals surface area contributed by atoms with Gasteiger partial charge in [0.25, 0.3) is 0 Å². The Labute approximate surface area is 194 Å². The van der Waals surface area contributed by atoms with Crippen LogP contribution in [-0.2, 0) is 15.6 Å². The number of alkyl halides is 1. The first-order valence-electron chi connectivity index (χ1n) is 10.6. The molecule has 0 aromatic heterocycles. The van der Waals surface area contributed by atoms with Crippen LogP contribution in [0.15, 0.2) is 59.5 Å². The summed E-state index contributed by atoms with van der Waals surface area (Å²) in [6.45, 7) is 3.88. The molecule has 6 nitrogen and oxygen atoms in total. The highest BCUT2D eigenvalue weighted by Gasteiger charge is 2.23. The van der Waals surface area contributed by atoms with E-state index in [0.717, 1.165) is 37.3 Å². The molecule has 0 radical (unpaired) electrons. The van der Waals surface area contributed by atoms with Crippen molar-refractivity contribution in [3.05, 3.63) is 60.2 Å². The van der Waals surface area contributed by atoms with Gasteiger partial charge in [0.15, 0.2) is 9.84 Å². The zero-order valence-electron chi connectivity index (χ0n) is 18.1. The van der Waals surface area contributed by atoms with Crippen LogP contribution < -0.4 is 15.4 Å². The first kappa shape index (κ1) is 22.7. The number of likely N-dealkylation sites (N-methyl/N-ethyl adjacent to an activating group) is 1. The van der Waals surface area contributed by atoms with Crippen LogP contribution in [0.3, 0.4) is 0 Å². The summed E-state index contributed by atoms with van der Waals surface area (Å²) in [6.07, 6.45) is 0. The third kappa shape index (κ3) is 4.80. The number of piperazine rings is 1. The molecule has 0 spiro atoms. The second kappa shape index (κ2) is 9.57. The van der Waals surface area contributed by atoms with E-state index in [0.29, 0.717) is 39.8 Å². The predicted molar refractivity (Wildman–Crippen MR) is 132 cm³/mol. The van der Waals surface area contributed by atoms with Crippen LogP contribution >= 0.6 is 11.6 Å². The number of hydrogen-bond acceptors (Lipinski definition) is 6. The van der Waals surface area contributed by atoms with Crippen LogP contribution in [0, 0.1) is 0 Å². The van der Waals surface area contributed by atoms with E-state index >= 15 is 0 Å². The van der Waals surface area contributed by atoms with Gasteiger partial charge >= 0.3 is 0 Å². The van der Waals surface area contributed by atoms with E-state index < -0.39 is 9.84 Å². The van der Waals surface area contributed by atoms with Gasteiger partial charge in [-0.3, -0.25) is 0 Å². The molecular formula is C24H28ClN3O3S. The maximum Gasteiger partial charge on any atom is 0.183 e. The molecule has 0 saturated carbocycles. The van der Waals surface area contributed by atoms with Crippen molar-refractivity contribution in [1.82, 2.24) is 4.90 Å². The van der Waals surface area contributed by atoms with Crippen LogP contribution in [0.2, 0.25) is 0 Å². The molecule has 0 unspecified atom stereocenters. The lowest BCUT2D eigenvalue weighted by Gasteiger charge is -2.34. The lowest BCUT2D eigenvalue weighted by molar-refractivity contribution is 0.312. The number of sulfone groups is 1. The summed E-state index contributed by atoms with van der Waals surface area (Å²) in [5.74, 6) is 0.596. The van der Waals surface area contributed by atoms with Crippen LogP contribution in [0.4, 0.5) is 11.4 Å². The number of nitrogen functional groups attached to an aromatic ring is 1. The van der Waals surface area contributed by atoms with Gasteiger partial charge in [-0.2, -0.15) is 0 Å². The van der Waals surface area contributed by atoms with Crippen molar-refractivity contribution in [3.8, 4) is 5.75 Å². The Hall–Kier alpha value is -2.48. The summed E-state index contributed by atoms with van der Waals surface area (Å²) >= 11 is 5.81. The van der Waals surface area contributed by atoms with E-state index in [1.54, 1.807) is 12.1 Å². The third-order valence-electron chi connectivity index (χ3n) is 5.85. The van der Waals surface area contributed by atoms with Gasteiger partial charge in [-0.25, -0.2) is 8.42 Å². The number of fused-ring (bicyclic) bond motifs is 1. The van der Waals surface area contributed by atoms with Crippen molar-refractivity contribution in [3.63, 3.8) is 0 Å². The largest absolute Gasteiger partial charge is 0.490 e. The molecule has 4 rings (SSSR count). The number of rotatable bonds is 7. The second-order valence-electron chi connectivity index (χ2n) is 8.08. The Kier molecular flexibility index (Phi) is 6.79. The summed E-state index contributed by atoms with van der Waals surface area (Å²) in [5, 5.41) is 1.60. The van der Waals surface area contributed by atoms with Gasteiger partial charge in [0.05, 0.1) is 22.2 Å². The summed E-state index contributed by atoms with van der Waals surface area (Å²) in [4.78, 5) is 4.81. The molecule has 0 bridgehead atoms. The molecule has 2 N–H and O–H groups in total. The highest BCUT2D eigenvalue weighted by molar-refractivity contribution is 7.90. The quantitative estimate of drug-likeness (QED) is 0.416. The zero-order valence-corrected chi connectivity index (χ0v) is 19.7. The minimum Gasteiger partial charge on any atom is -0.490 e. The normalized spacial score (nSPS) is 15.2. The second-order valence-corrected chi connectivity index (χ2v) is 10.4. The van der Waals surface area contributed by atoms with Gasteiger partial charge in [-0.1, -0.05) is 36.4 Å². The predicted octanol–water partition coefficient (Wildman–Crippen LogP) is 3.77. The Morgan fingerprint density at radius 3 is 2.50 bits per heavy atom. The number of halogens is 1. The van der Waals surface area contributed by atoms with Gasteiger partial charge in [0, 0.05) is 43.3 Å². The molecule has 1 aliphatic heterocycles. The number of nitrogens with two attached hydrogens (primary N) is 1. The number of anilines is 2. The zero-order chi connectivity index (χ0) is 22.7. The van der Waals surface area contributed by atoms with E-state index in [9.17, 15) is 8.42 Å². The minimum absolute atomic E-state index is 0.203. The molecule has 1 saturated heterocycles. The lowest BCUT2D eigenvalue weighted by atomic mass is 10.1. The van der Waals surface area contributed by atoms with Gasteiger partial charge in [-0.05, 0) is 30.1 Å². The number of nitrogens with zero attached hydrogens (tertiary/aromatic N) is 2. The fraction of sp³-hybridized carbons (Fsp3) is 0.333. The lowest BCUT2D eigenvalue weighted by Crippen LogP contribution is -2.44. The summed E-state index contributed by atoms with van der Waals surface area (Å²) in [7, 11) is -1.55. The van der Waals surface area contributed by atoms with Crippen molar-refractivity contribution in [2.24, 2.45) is 0 Å². The topological polar surface area (TPSA) is 75.9 Å². The molecule has 3 aromatic carbocycles. The molecule has 0 aliphatic carbocycles. The molecule has 32 heavy (non-hydrogen) atoms. The van der Waals surface area contributed by atoms with Crippen molar-refractivity contribution in [1.29, 1.82) is 0 Å². The highest BCUT2D eigenvalue weighted by Crippen LogP contribution is 2.35. The summed E-state index contributed by atoms with van der Waals surface area (Å²) in [5.41, 5.74) is 8.18. The number of hydrogen-bond donors (Lipinski definition) is 1. The van der Waals surface area contributed by atoms with E-state index in [-0.39, 0.29) is 5.75 Å². The standard InChI is InChI=1S/C24H28ClN3O3S/c1-27-10-12-28(13-11-27)20-15-19(24(26)22(16-20)31-14-9-25)17-32(29,30)23-8-4-6-18-5-2-3-7-21(18)23/h2-8,15-16H,9-14,17,26H2,1H3. The molecule has 1 fully saturated rings. The Morgan fingerprint density at radius 1 is 1.03 bits per heavy atom. The van der Waals surface area contributed by atoms with Crippen LogP contribution in [0.5, 0.6) is 5.75 Å². The SMILES string of the molecule is CN1CCN(c2cc(CS(=O)(=O)c3cccc4ccccc34)c(N)c(OCCCl)c2)CC1. The van der Waals surface area contributed by atoms with Crippen molar-refractivity contribution in [2.45, 2.75) is 10.6 Å². The van der Waals surface area contributed by atoms with Crippen molar-refractivity contribution in [2.75, 3.05) is 56.3 Å². The molecule has 1 aliphatic rings. The Bertz CT molecular complexity index is 1200. The van der Waals surface area contributed by atoms with Crippen LogP contribution in [0.25, 0.3) is 10.8 Å². The van der Waals surface area contributed by atoms with Gasteiger partial charge in [-0.15, -0.1) is 11.6 Å². The smallest absolute Gasteiger partial charge is 0.183 e. The first-order chi connectivity index (χ1) is 15.4. The van der Waals surface area contributed by atoms with Gasteiger partial charge in [0.1, 0.15) is 12.4 Å². The molecule has 8 heteroatoms. The molecule has 3 aromatic rings. The van der Waals surface area contributed by atoms with Crippen molar-refractivity contribution >= 4 is 43.6 Å². The molecular weight excluding hydrogens is 446 g/mol. The van der Waals surface area contributed by atoms with Crippen LogP contribution in [0.1, 0.15) is 5.56 Å². The first-order valence-corrected chi connectivity index (χ1v) is 12.8. The van der Waals surface area contributed by atoms with E-state index in [1.807, 2.05) is 42.5 Å². The average molecular weight is 474 g/mol. The third-order valence-corrected chi connectivity index (χ3v) is 7.72. The Morgan fingerprint density at radius 2 is 1.75 bits per heavy atom. The van der Waals surface area contributed by atoms with E-state index in [4.69, 9.17) is 22.1 Å². The minimum atomic E-state index is -3.64. The van der Waals surface area contributed by atoms with E-state index in [2.05, 4.69) is 16.8 Å². The van der Waals surface area contributed by atoms with Gasteiger partial charge in [0.2, 0.25) is 0 Å².